The predicted molar refractivity (Wildman–Crippen MR) is 73.4 cm³/mol. The van der Waals surface area contributed by atoms with Crippen molar-refractivity contribution < 1.29 is 10.2 Å². The van der Waals surface area contributed by atoms with Gasteiger partial charge >= 0.3 is 0 Å². The molecule has 0 aromatic heterocycles. The molecule has 2 saturated carbocycles. The maximum absolute atomic E-state index is 9.98. The average Bonchev–Trinajstić information content (AvgIpc) is 2.84. The largest absolute Gasteiger partial charge is 0.393 e. The van der Waals surface area contributed by atoms with E-state index < -0.39 is 0 Å². The number of rotatable bonds is 6. The zero-order chi connectivity index (χ0) is 12.8. The van der Waals surface area contributed by atoms with E-state index in [1.54, 1.807) is 0 Å². The van der Waals surface area contributed by atoms with Crippen LogP contribution in [-0.2, 0) is 0 Å². The van der Waals surface area contributed by atoms with Crippen LogP contribution in [0.3, 0.4) is 0 Å². The molecular weight excluding hydrogens is 226 g/mol. The van der Waals surface area contributed by atoms with Crippen LogP contribution in [0.15, 0.2) is 0 Å². The van der Waals surface area contributed by atoms with Crippen LogP contribution in [0, 0.1) is 11.8 Å². The van der Waals surface area contributed by atoms with E-state index in [9.17, 15) is 10.2 Å². The highest BCUT2D eigenvalue weighted by Crippen LogP contribution is 2.28. The second kappa shape index (κ2) is 7.46. The summed E-state index contributed by atoms with van der Waals surface area (Å²) in [7, 11) is 0. The van der Waals surface area contributed by atoms with Gasteiger partial charge in [-0.1, -0.05) is 38.5 Å². The molecule has 2 aliphatic carbocycles. The summed E-state index contributed by atoms with van der Waals surface area (Å²) in [5.41, 5.74) is 0. The highest BCUT2D eigenvalue weighted by molar-refractivity contribution is 4.77. The minimum Gasteiger partial charge on any atom is -0.393 e. The summed E-state index contributed by atoms with van der Waals surface area (Å²) in [4.78, 5) is 0. The van der Waals surface area contributed by atoms with Gasteiger partial charge in [-0.2, -0.15) is 0 Å². The molecular formula is C15H29NO2. The lowest BCUT2D eigenvalue weighted by Gasteiger charge is -2.28. The monoisotopic (exact) mass is 255 g/mol. The predicted octanol–water partition coefficient (Wildman–Crippen LogP) is 2.07. The molecule has 106 valence electrons. The van der Waals surface area contributed by atoms with Gasteiger partial charge in [-0.3, -0.25) is 0 Å². The van der Waals surface area contributed by atoms with Crippen molar-refractivity contribution in [2.24, 2.45) is 11.8 Å². The Labute approximate surface area is 111 Å². The highest BCUT2D eigenvalue weighted by atomic mass is 16.3. The number of aliphatic hydroxyl groups excluding tert-OH is 2. The smallest absolute Gasteiger partial charge is 0.0667 e. The summed E-state index contributed by atoms with van der Waals surface area (Å²) in [6, 6.07) is 0. The maximum Gasteiger partial charge on any atom is 0.0667 e. The third-order valence-corrected chi connectivity index (χ3v) is 4.74. The van der Waals surface area contributed by atoms with E-state index in [0.29, 0.717) is 12.5 Å². The molecule has 2 fully saturated rings. The Morgan fingerprint density at radius 1 is 1.00 bits per heavy atom. The molecule has 2 aliphatic rings. The Hall–Kier alpha value is -0.120. The first-order chi connectivity index (χ1) is 8.75. The standard InChI is InChI=1S/C15H29NO2/c17-14(9-12-5-1-2-6-12)11-16-10-13-7-3-4-8-15(13)18/h12-18H,1-11H2. The fraction of sp³-hybridized carbons (Fsp3) is 1.00. The SMILES string of the molecule is OC(CNCC1CCCCC1O)CC1CCCC1. The van der Waals surface area contributed by atoms with Crippen molar-refractivity contribution in [1.82, 2.24) is 5.32 Å². The number of nitrogens with one attached hydrogen (secondary N) is 1. The van der Waals surface area contributed by atoms with Gasteiger partial charge in [0.1, 0.15) is 0 Å². The van der Waals surface area contributed by atoms with Crippen LogP contribution < -0.4 is 5.32 Å². The van der Waals surface area contributed by atoms with E-state index >= 15 is 0 Å². The van der Waals surface area contributed by atoms with Gasteiger partial charge in [-0.05, 0) is 31.1 Å². The van der Waals surface area contributed by atoms with Crippen LogP contribution in [-0.4, -0.2) is 35.5 Å². The molecule has 3 N–H and O–H groups in total. The van der Waals surface area contributed by atoms with Crippen LogP contribution >= 0.6 is 0 Å². The van der Waals surface area contributed by atoms with Gasteiger partial charge in [0, 0.05) is 13.1 Å². The Morgan fingerprint density at radius 2 is 1.67 bits per heavy atom. The fourth-order valence-electron chi connectivity index (χ4n) is 3.58. The maximum atomic E-state index is 9.98. The van der Waals surface area contributed by atoms with Crippen LogP contribution in [0.25, 0.3) is 0 Å². The van der Waals surface area contributed by atoms with Gasteiger partial charge in [0.2, 0.25) is 0 Å². The van der Waals surface area contributed by atoms with Crippen molar-refractivity contribution >= 4 is 0 Å². The van der Waals surface area contributed by atoms with Gasteiger partial charge < -0.3 is 15.5 Å². The molecule has 0 aromatic rings. The Balaban J connectivity index is 1.56. The second-order valence-electron chi connectivity index (χ2n) is 6.31. The van der Waals surface area contributed by atoms with Crippen LogP contribution in [0.4, 0.5) is 0 Å². The van der Waals surface area contributed by atoms with Crippen molar-refractivity contribution in [1.29, 1.82) is 0 Å². The number of hydrogen-bond acceptors (Lipinski definition) is 3. The average molecular weight is 255 g/mol. The molecule has 0 spiro atoms. The van der Waals surface area contributed by atoms with E-state index in [2.05, 4.69) is 5.32 Å². The lowest BCUT2D eigenvalue weighted by atomic mass is 9.86. The molecule has 0 amide bonds. The van der Waals surface area contributed by atoms with E-state index in [1.165, 1.54) is 38.5 Å². The van der Waals surface area contributed by atoms with Crippen molar-refractivity contribution in [3.63, 3.8) is 0 Å². The van der Waals surface area contributed by atoms with Gasteiger partial charge in [-0.15, -0.1) is 0 Å². The molecule has 0 saturated heterocycles. The zero-order valence-corrected chi connectivity index (χ0v) is 11.5. The van der Waals surface area contributed by atoms with E-state index in [0.717, 1.165) is 31.7 Å². The summed E-state index contributed by atoms with van der Waals surface area (Å²) in [6.45, 7) is 1.56. The fourth-order valence-corrected chi connectivity index (χ4v) is 3.58. The van der Waals surface area contributed by atoms with Gasteiger partial charge in [-0.25, -0.2) is 0 Å². The van der Waals surface area contributed by atoms with Gasteiger partial charge in [0.15, 0.2) is 0 Å². The minimum absolute atomic E-state index is 0.127. The molecule has 3 nitrogen and oxygen atoms in total. The lowest BCUT2D eigenvalue weighted by molar-refractivity contribution is 0.0658. The molecule has 3 heteroatoms. The molecule has 3 unspecified atom stereocenters. The highest BCUT2D eigenvalue weighted by Gasteiger charge is 2.23. The summed E-state index contributed by atoms with van der Waals surface area (Å²) in [6.07, 6.45) is 10.4. The first-order valence-electron chi connectivity index (χ1n) is 7.82. The third-order valence-electron chi connectivity index (χ3n) is 4.74. The van der Waals surface area contributed by atoms with E-state index in [4.69, 9.17) is 0 Å². The Morgan fingerprint density at radius 3 is 2.39 bits per heavy atom. The summed E-state index contributed by atoms with van der Waals surface area (Å²) in [5.74, 6) is 1.15. The van der Waals surface area contributed by atoms with Crippen molar-refractivity contribution in [2.75, 3.05) is 13.1 Å². The van der Waals surface area contributed by atoms with Gasteiger partial charge in [0.05, 0.1) is 12.2 Å². The molecule has 0 radical (unpaired) electrons. The van der Waals surface area contributed by atoms with E-state index in [-0.39, 0.29) is 12.2 Å². The summed E-state index contributed by atoms with van der Waals surface area (Å²) in [5, 5.41) is 23.2. The summed E-state index contributed by atoms with van der Waals surface area (Å²) < 4.78 is 0. The molecule has 2 rings (SSSR count). The number of aliphatic hydroxyl groups is 2. The zero-order valence-electron chi connectivity index (χ0n) is 11.5. The molecule has 0 aliphatic heterocycles. The number of hydrogen-bond donors (Lipinski definition) is 3. The van der Waals surface area contributed by atoms with Crippen LogP contribution in [0.2, 0.25) is 0 Å². The first-order valence-corrected chi connectivity index (χ1v) is 7.82. The first kappa shape index (κ1) is 14.3. The molecule has 3 atom stereocenters. The van der Waals surface area contributed by atoms with E-state index in [1.807, 2.05) is 0 Å². The van der Waals surface area contributed by atoms with Crippen molar-refractivity contribution in [3.05, 3.63) is 0 Å². The van der Waals surface area contributed by atoms with Crippen molar-refractivity contribution in [3.8, 4) is 0 Å². The normalized spacial score (nSPS) is 31.7. The quantitative estimate of drug-likeness (QED) is 0.681. The van der Waals surface area contributed by atoms with Crippen LogP contribution in [0.1, 0.15) is 57.8 Å². The molecule has 0 bridgehead atoms. The lowest BCUT2D eigenvalue weighted by Crippen LogP contribution is -2.37. The molecule has 18 heavy (non-hydrogen) atoms. The van der Waals surface area contributed by atoms with Crippen LogP contribution in [0.5, 0.6) is 0 Å². The Kier molecular flexibility index (Phi) is 5.93. The second-order valence-corrected chi connectivity index (χ2v) is 6.31. The van der Waals surface area contributed by atoms with Crippen molar-refractivity contribution in [2.45, 2.75) is 70.0 Å². The Bertz CT molecular complexity index is 229. The van der Waals surface area contributed by atoms with Gasteiger partial charge in [0.25, 0.3) is 0 Å². The minimum atomic E-state index is -0.200. The molecule has 0 heterocycles. The third kappa shape index (κ3) is 4.52. The summed E-state index contributed by atoms with van der Waals surface area (Å²) >= 11 is 0. The topological polar surface area (TPSA) is 52.5 Å². The molecule has 0 aromatic carbocycles.